The number of nitrogens with zero attached hydrogens (tertiary/aromatic N) is 2. The minimum atomic E-state index is -3.74. The van der Waals surface area contributed by atoms with Gasteiger partial charge in [0.1, 0.15) is 12.6 Å². The van der Waals surface area contributed by atoms with Crippen LogP contribution in [0.2, 0.25) is 0 Å². The van der Waals surface area contributed by atoms with E-state index in [1.165, 1.54) is 4.90 Å². The highest BCUT2D eigenvalue weighted by molar-refractivity contribution is 9.10. The maximum Gasteiger partial charge on any atom is 0.244 e. The van der Waals surface area contributed by atoms with Gasteiger partial charge in [0, 0.05) is 17.6 Å². The predicted octanol–water partition coefficient (Wildman–Crippen LogP) is 3.86. The van der Waals surface area contributed by atoms with Crippen LogP contribution in [0.3, 0.4) is 0 Å². The monoisotopic (exact) mass is 537 g/mol. The highest BCUT2D eigenvalue weighted by Gasteiger charge is 2.30. The number of anilines is 1. The standard InChI is InChI=1S/C24H32BrN3O4S/c1-5-6-14-26-24(30)19(3)27(16-20-12-10-18(2)11-13-20)23(29)17-28(33(4,31)32)22-9-7-8-21(25)15-22/h7-13,15,19H,5-6,14,16-17H2,1-4H3,(H,26,30)/t19-/m0/s1. The van der Waals surface area contributed by atoms with Crippen LogP contribution in [0.15, 0.2) is 53.0 Å². The third-order valence-electron chi connectivity index (χ3n) is 5.25. The summed E-state index contributed by atoms with van der Waals surface area (Å²) in [7, 11) is -3.74. The summed E-state index contributed by atoms with van der Waals surface area (Å²) in [6, 6.07) is 13.7. The van der Waals surface area contributed by atoms with Crippen molar-refractivity contribution in [3.63, 3.8) is 0 Å². The molecule has 7 nitrogen and oxygen atoms in total. The fourth-order valence-corrected chi connectivity index (χ4v) is 4.48. The number of aryl methyl sites for hydroxylation is 1. The number of hydrogen-bond donors (Lipinski definition) is 1. The highest BCUT2D eigenvalue weighted by atomic mass is 79.9. The minimum absolute atomic E-state index is 0.192. The molecule has 0 bridgehead atoms. The second-order valence-corrected chi connectivity index (χ2v) is 10.9. The molecule has 0 aliphatic carbocycles. The van der Waals surface area contributed by atoms with Crippen LogP contribution in [0.1, 0.15) is 37.8 Å². The Labute approximate surface area is 205 Å². The van der Waals surface area contributed by atoms with Gasteiger partial charge in [-0.05, 0) is 44.0 Å². The number of benzene rings is 2. The molecule has 9 heteroatoms. The molecule has 180 valence electrons. The van der Waals surface area contributed by atoms with Gasteiger partial charge in [-0.3, -0.25) is 13.9 Å². The molecule has 0 saturated carbocycles. The number of hydrogen-bond acceptors (Lipinski definition) is 4. The lowest BCUT2D eigenvalue weighted by Crippen LogP contribution is -2.51. The maximum absolute atomic E-state index is 13.4. The smallest absolute Gasteiger partial charge is 0.244 e. The van der Waals surface area contributed by atoms with Gasteiger partial charge in [-0.15, -0.1) is 0 Å². The molecular weight excluding hydrogens is 506 g/mol. The van der Waals surface area contributed by atoms with Gasteiger partial charge in [0.15, 0.2) is 0 Å². The van der Waals surface area contributed by atoms with E-state index >= 15 is 0 Å². The molecule has 2 rings (SSSR count). The van der Waals surface area contributed by atoms with Crippen LogP contribution in [-0.2, 0) is 26.2 Å². The second-order valence-electron chi connectivity index (χ2n) is 8.08. The van der Waals surface area contributed by atoms with E-state index in [0.717, 1.165) is 34.5 Å². The Morgan fingerprint density at radius 1 is 1.12 bits per heavy atom. The van der Waals surface area contributed by atoms with E-state index in [-0.39, 0.29) is 12.5 Å². The average Bonchev–Trinajstić information content (AvgIpc) is 2.75. The summed E-state index contributed by atoms with van der Waals surface area (Å²) in [5.74, 6) is -0.726. The van der Waals surface area contributed by atoms with Gasteiger partial charge in [-0.1, -0.05) is 65.2 Å². The lowest BCUT2D eigenvalue weighted by Gasteiger charge is -2.31. The summed E-state index contributed by atoms with van der Waals surface area (Å²) in [6.07, 6.45) is 2.85. The van der Waals surface area contributed by atoms with Crippen molar-refractivity contribution in [2.75, 3.05) is 23.7 Å². The van der Waals surface area contributed by atoms with Crippen molar-refractivity contribution in [2.24, 2.45) is 0 Å². The molecule has 0 heterocycles. The predicted molar refractivity (Wildman–Crippen MR) is 135 cm³/mol. The molecule has 1 N–H and O–H groups in total. The van der Waals surface area contributed by atoms with Gasteiger partial charge in [0.2, 0.25) is 21.8 Å². The van der Waals surface area contributed by atoms with Crippen molar-refractivity contribution >= 4 is 43.5 Å². The normalized spacial score (nSPS) is 12.2. The number of halogens is 1. The van der Waals surface area contributed by atoms with E-state index in [9.17, 15) is 18.0 Å². The van der Waals surface area contributed by atoms with Gasteiger partial charge in [0.25, 0.3) is 0 Å². The molecule has 33 heavy (non-hydrogen) atoms. The Balaban J connectivity index is 2.33. The number of rotatable bonds is 11. The lowest BCUT2D eigenvalue weighted by molar-refractivity contribution is -0.139. The molecule has 2 aromatic carbocycles. The summed E-state index contributed by atoms with van der Waals surface area (Å²) >= 11 is 3.34. The maximum atomic E-state index is 13.4. The second kappa shape index (κ2) is 12.2. The van der Waals surface area contributed by atoms with E-state index in [1.807, 2.05) is 38.1 Å². The lowest BCUT2D eigenvalue weighted by atomic mass is 10.1. The van der Waals surface area contributed by atoms with Crippen LogP contribution in [-0.4, -0.2) is 50.5 Å². The van der Waals surface area contributed by atoms with Crippen LogP contribution >= 0.6 is 15.9 Å². The van der Waals surface area contributed by atoms with E-state index in [2.05, 4.69) is 21.2 Å². The number of carbonyl (C=O) groups excluding carboxylic acids is 2. The summed E-state index contributed by atoms with van der Waals surface area (Å²) in [5, 5.41) is 2.87. The first-order valence-electron chi connectivity index (χ1n) is 10.9. The van der Waals surface area contributed by atoms with Gasteiger partial charge in [-0.2, -0.15) is 0 Å². The van der Waals surface area contributed by atoms with Crippen molar-refractivity contribution in [3.8, 4) is 0 Å². The number of unbranched alkanes of at least 4 members (excludes halogenated alkanes) is 1. The average molecular weight is 539 g/mol. The number of carbonyl (C=O) groups is 2. The quantitative estimate of drug-likeness (QED) is 0.441. The summed E-state index contributed by atoms with van der Waals surface area (Å²) in [6.45, 7) is 5.98. The van der Waals surface area contributed by atoms with Crippen LogP contribution in [0, 0.1) is 6.92 Å². The zero-order valence-corrected chi connectivity index (χ0v) is 21.9. The molecule has 0 radical (unpaired) electrons. The van der Waals surface area contributed by atoms with Crippen LogP contribution in [0.4, 0.5) is 5.69 Å². The zero-order chi connectivity index (χ0) is 24.6. The molecule has 0 aliphatic rings. The Hall–Kier alpha value is -2.39. The third kappa shape index (κ3) is 8.16. The fourth-order valence-electron chi connectivity index (χ4n) is 3.25. The van der Waals surface area contributed by atoms with Gasteiger partial charge in [-0.25, -0.2) is 8.42 Å². The molecule has 0 aliphatic heterocycles. The summed E-state index contributed by atoms with van der Waals surface area (Å²) in [4.78, 5) is 27.6. The largest absolute Gasteiger partial charge is 0.354 e. The SMILES string of the molecule is CCCCNC(=O)[C@H](C)N(Cc1ccc(C)cc1)C(=O)CN(c1cccc(Br)c1)S(C)(=O)=O. The topological polar surface area (TPSA) is 86.8 Å². The first kappa shape index (κ1) is 26.9. The Morgan fingerprint density at radius 2 is 1.79 bits per heavy atom. The molecule has 1 atom stereocenters. The number of nitrogens with one attached hydrogen (secondary N) is 1. The Kier molecular flexibility index (Phi) is 9.91. The van der Waals surface area contributed by atoms with Crippen molar-refractivity contribution in [2.45, 2.75) is 46.2 Å². The van der Waals surface area contributed by atoms with Gasteiger partial charge in [0.05, 0.1) is 11.9 Å². The minimum Gasteiger partial charge on any atom is -0.354 e. The van der Waals surface area contributed by atoms with E-state index in [4.69, 9.17) is 0 Å². The number of amides is 2. The summed E-state index contributed by atoms with van der Waals surface area (Å²) < 4.78 is 26.8. The molecule has 0 aromatic heterocycles. The highest BCUT2D eigenvalue weighted by Crippen LogP contribution is 2.23. The molecule has 0 unspecified atom stereocenters. The number of sulfonamides is 1. The molecule has 0 saturated heterocycles. The first-order chi connectivity index (χ1) is 15.5. The molecule has 0 spiro atoms. The molecule has 2 amide bonds. The van der Waals surface area contributed by atoms with Crippen molar-refractivity contribution in [1.29, 1.82) is 0 Å². The fraction of sp³-hybridized carbons (Fsp3) is 0.417. The molecular formula is C24H32BrN3O4S. The Morgan fingerprint density at radius 3 is 2.36 bits per heavy atom. The third-order valence-corrected chi connectivity index (χ3v) is 6.88. The Bertz CT molecular complexity index is 1060. The van der Waals surface area contributed by atoms with Gasteiger partial charge < -0.3 is 10.2 Å². The van der Waals surface area contributed by atoms with Crippen molar-refractivity contribution < 1.29 is 18.0 Å². The molecule has 2 aromatic rings. The van der Waals surface area contributed by atoms with E-state index < -0.39 is 28.5 Å². The van der Waals surface area contributed by atoms with Crippen LogP contribution < -0.4 is 9.62 Å². The van der Waals surface area contributed by atoms with Crippen molar-refractivity contribution in [1.82, 2.24) is 10.2 Å². The van der Waals surface area contributed by atoms with Gasteiger partial charge >= 0.3 is 0 Å². The molecule has 0 fully saturated rings. The first-order valence-corrected chi connectivity index (χ1v) is 13.5. The van der Waals surface area contributed by atoms with E-state index in [0.29, 0.717) is 16.7 Å². The van der Waals surface area contributed by atoms with Crippen LogP contribution in [0.5, 0.6) is 0 Å². The van der Waals surface area contributed by atoms with E-state index in [1.54, 1.807) is 31.2 Å². The summed E-state index contributed by atoms with van der Waals surface area (Å²) in [5.41, 5.74) is 2.31. The zero-order valence-electron chi connectivity index (χ0n) is 19.5. The van der Waals surface area contributed by atoms with Crippen LogP contribution in [0.25, 0.3) is 0 Å². The van der Waals surface area contributed by atoms with Crippen molar-refractivity contribution in [3.05, 3.63) is 64.1 Å².